The van der Waals surface area contributed by atoms with Gasteiger partial charge in [0.25, 0.3) is 10.1 Å². The highest BCUT2D eigenvalue weighted by atomic mass is 32.2. The fourth-order valence-electron chi connectivity index (χ4n) is 3.76. The molecular weight excluding hydrogens is 352 g/mol. The molecule has 0 radical (unpaired) electrons. The molecule has 0 aromatic heterocycles. The van der Waals surface area contributed by atoms with Gasteiger partial charge in [0.05, 0.1) is 27.1 Å². The van der Waals surface area contributed by atoms with Crippen molar-refractivity contribution >= 4 is 10.1 Å². The first-order chi connectivity index (χ1) is 12.5. The van der Waals surface area contributed by atoms with Crippen molar-refractivity contribution in [2.45, 2.75) is 24.7 Å². The lowest BCUT2D eigenvalue weighted by molar-refractivity contribution is 0.386. The Morgan fingerprint density at radius 1 is 0.962 bits per heavy atom. The van der Waals surface area contributed by atoms with E-state index in [0.29, 0.717) is 0 Å². The van der Waals surface area contributed by atoms with Gasteiger partial charge in [0, 0.05) is 5.92 Å². The summed E-state index contributed by atoms with van der Waals surface area (Å²) >= 11 is 0. The smallest absolute Gasteiger partial charge is 0.267 e. The summed E-state index contributed by atoms with van der Waals surface area (Å²) < 4.78 is 39.7. The van der Waals surface area contributed by atoms with Gasteiger partial charge < -0.3 is 9.47 Å². The Morgan fingerprint density at radius 3 is 2.23 bits per heavy atom. The third-order valence-electron chi connectivity index (χ3n) is 5.14. The molecule has 140 valence electrons. The van der Waals surface area contributed by atoms with E-state index in [1.165, 1.54) is 7.11 Å². The number of methoxy groups -OCH3 is 2. The SMILES string of the molecule is COc1ccc([C@@H]2CCc3cc(OC)ccc3[C@@H]2CS(=O)(=O)OC)cc1. The summed E-state index contributed by atoms with van der Waals surface area (Å²) in [6.07, 6.45) is 1.75. The van der Waals surface area contributed by atoms with Crippen LogP contribution in [0.3, 0.4) is 0 Å². The summed E-state index contributed by atoms with van der Waals surface area (Å²) in [7, 11) is 0.899. The summed E-state index contributed by atoms with van der Waals surface area (Å²) in [4.78, 5) is 0. The first-order valence-corrected chi connectivity index (χ1v) is 10.1. The van der Waals surface area contributed by atoms with Crippen LogP contribution in [0.25, 0.3) is 0 Å². The fourth-order valence-corrected chi connectivity index (χ4v) is 4.75. The number of benzene rings is 2. The lowest BCUT2D eigenvalue weighted by Gasteiger charge is -2.34. The molecule has 0 saturated heterocycles. The van der Waals surface area contributed by atoms with E-state index in [0.717, 1.165) is 41.0 Å². The van der Waals surface area contributed by atoms with Gasteiger partial charge in [-0.05, 0) is 59.7 Å². The maximum absolute atomic E-state index is 12.2. The van der Waals surface area contributed by atoms with E-state index in [2.05, 4.69) is 0 Å². The van der Waals surface area contributed by atoms with Crippen molar-refractivity contribution in [1.82, 2.24) is 0 Å². The minimum atomic E-state index is -3.59. The second-order valence-electron chi connectivity index (χ2n) is 6.48. The molecule has 0 saturated carbocycles. The van der Waals surface area contributed by atoms with Crippen LogP contribution in [0.15, 0.2) is 42.5 Å². The van der Waals surface area contributed by atoms with E-state index in [1.807, 2.05) is 42.5 Å². The predicted octanol–water partition coefficient (Wildman–Crippen LogP) is 3.49. The zero-order valence-electron chi connectivity index (χ0n) is 15.3. The van der Waals surface area contributed by atoms with Crippen LogP contribution in [0, 0.1) is 0 Å². The number of hydrogen-bond donors (Lipinski definition) is 0. The second-order valence-corrected chi connectivity index (χ2v) is 8.26. The number of ether oxygens (including phenoxy) is 2. The Labute approximate surface area is 155 Å². The van der Waals surface area contributed by atoms with E-state index in [4.69, 9.17) is 13.7 Å². The second kappa shape index (κ2) is 7.68. The zero-order chi connectivity index (χ0) is 18.7. The van der Waals surface area contributed by atoms with Gasteiger partial charge in [-0.25, -0.2) is 0 Å². The maximum Gasteiger partial charge on any atom is 0.267 e. The minimum absolute atomic E-state index is 0.0421. The van der Waals surface area contributed by atoms with Crippen molar-refractivity contribution in [1.29, 1.82) is 0 Å². The summed E-state index contributed by atoms with van der Waals surface area (Å²) in [6, 6.07) is 13.8. The van der Waals surface area contributed by atoms with Crippen LogP contribution in [0.1, 0.15) is 34.9 Å². The average molecular weight is 376 g/mol. The topological polar surface area (TPSA) is 61.8 Å². The van der Waals surface area contributed by atoms with Crippen LogP contribution in [-0.2, 0) is 20.7 Å². The first-order valence-electron chi connectivity index (χ1n) is 8.56. The molecule has 3 rings (SSSR count). The Bertz CT molecular complexity index is 858. The van der Waals surface area contributed by atoms with Gasteiger partial charge in [-0.1, -0.05) is 18.2 Å². The van der Waals surface area contributed by atoms with Crippen LogP contribution in [0.2, 0.25) is 0 Å². The van der Waals surface area contributed by atoms with Gasteiger partial charge in [0.1, 0.15) is 11.5 Å². The molecule has 6 heteroatoms. The standard InChI is InChI=1S/C20H24O5S/c1-23-16-7-4-14(5-8-16)18-10-6-15-12-17(24-2)9-11-19(15)20(18)13-26(21,22)25-3/h4-5,7-9,11-12,18,20H,6,10,13H2,1-3H3/t18-,20+/m0/s1. The van der Waals surface area contributed by atoms with E-state index in [1.54, 1.807) is 14.2 Å². The summed E-state index contributed by atoms with van der Waals surface area (Å²) in [6.45, 7) is 0. The van der Waals surface area contributed by atoms with Crippen molar-refractivity contribution in [3.05, 3.63) is 59.2 Å². The molecule has 1 aliphatic carbocycles. The van der Waals surface area contributed by atoms with Gasteiger partial charge in [-0.2, -0.15) is 8.42 Å². The summed E-state index contributed by atoms with van der Waals surface area (Å²) in [5.41, 5.74) is 3.31. The van der Waals surface area contributed by atoms with Crippen LogP contribution in [0.4, 0.5) is 0 Å². The van der Waals surface area contributed by atoms with Crippen LogP contribution in [0.5, 0.6) is 11.5 Å². The molecule has 2 aromatic carbocycles. The Balaban J connectivity index is 2.02. The highest BCUT2D eigenvalue weighted by Crippen LogP contribution is 2.44. The monoisotopic (exact) mass is 376 g/mol. The molecule has 0 aliphatic heterocycles. The molecule has 0 fully saturated rings. The molecule has 0 bridgehead atoms. The number of hydrogen-bond acceptors (Lipinski definition) is 5. The molecule has 2 atom stereocenters. The van der Waals surface area contributed by atoms with Crippen LogP contribution >= 0.6 is 0 Å². The van der Waals surface area contributed by atoms with Crippen LogP contribution in [-0.4, -0.2) is 35.5 Å². The molecular formula is C20H24O5S. The van der Waals surface area contributed by atoms with E-state index in [-0.39, 0.29) is 17.6 Å². The van der Waals surface area contributed by atoms with Gasteiger partial charge >= 0.3 is 0 Å². The Hall–Kier alpha value is -2.05. The van der Waals surface area contributed by atoms with E-state index >= 15 is 0 Å². The molecule has 0 N–H and O–H groups in total. The molecule has 0 unspecified atom stereocenters. The highest BCUT2D eigenvalue weighted by Gasteiger charge is 2.34. The van der Waals surface area contributed by atoms with Crippen molar-refractivity contribution < 1.29 is 22.1 Å². The third kappa shape index (κ3) is 3.86. The largest absolute Gasteiger partial charge is 0.497 e. The van der Waals surface area contributed by atoms with Crippen LogP contribution < -0.4 is 9.47 Å². The summed E-state index contributed by atoms with van der Waals surface area (Å²) in [5, 5.41) is 0. The molecule has 0 spiro atoms. The highest BCUT2D eigenvalue weighted by molar-refractivity contribution is 7.86. The fraction of sp³-hybridized carbons (Fsp3) is 0.400. The molecule has 0 amide bonds. The van der Waals surface area contributed by atoms with Crippen molar-refractivity contribution in [3.8, 4) is 11.5 Å². The third-order valence-corrected chi connectivity index (χ3v) is 6.42. The van der Waals surface area contributed by atoms with E-state index in [9.17, 15) is 8.42 Å². The predicted molar refractivity (Wildman–Crippen MR) is 101 cm³/mol. The molecule has 1 aliphatic rings. The Kier molecular flexibility index (Phi) is 5.53. The van der Waals surface area contributed by atoms with Gasteiger partial charge in [-0.3, -0.25) is 4.18 Å². The molecule has 2 aromatic rings. The number of rotatable bonds is 6. The molecule has 5 nitrogen and oxygen atoms in total. The van der Waals surface area contributed by atoms with Gasteiger partial charge in [0.2, 0.25) is 0 Å². The van der Waals surface area contributed by atoms with Gasteiger partial charge in [-0.15, -0.1) is 0 Å². The van der Waals surface area contributed by atoms with E-state index < -0.39 is 10.1 Å². The number of fused-ring (bicyclic) bond motifs is 1. The minimum Gasteiger partial charge on any atom is -0.497 e. The normalized spacial score (nSPS) is 19.7. The number of aryl methyl sites for hydroxylation is 1. The molecule has 26 heavy (non-hydrogen) atoms. The van der Waals surface area contributed by atoms with Crippen molar-refractivity contribution in [3.63, 3.8) is 0 Å². The van der Waals surface area contributed by atoms with Crippen molar-refractivity contribution in [2.24, 2.45) is 0 Å². The quantitative estimate of drug-likeness (QED) is 0.722. The summed E-state index contributed by atoms with van der Waals surface area (Å²) in [5.74, 6) is 1.48. The first kappa shape index (κ1) is 18.7. The zero-order valence-corrected chi connectivity index (χ0v) is 16.1. The lowest BCUT2D eigenvalue weighted by Crippen LogP contribution is -2.26. The van der Waals surface area contributed by atoms with Gasteiger partial charge in [0.15, 0.2) is 0 Å². The maximum atomic E-state index is 12.2. The van der Waals surface area contributed by atoms with Crippen molar-refractivity contribution in [2.75, 3.05) is 27.1 Å². The lowest BCUT2D eigenvalue weighted by atomic mass is 9.73. The molecule has 0 heterocycles. The average Bonchev–Trinajstić information content (AvgIpc) is 2.67. The Morgan fingerprint density at radius 2 is 1.62 bits per heavy atom.